The highest BCUT2D eigenvalue weighted by atomic mass is 19.2. The molecule has 1 aromatic rings. The molecule has 0 spiro atoms. The number of rotatable bonds is 7. The Morgan fingerprint density at radius 2 is 1.52 bits per heavy atom. The molecule has 0 aromatic heterocycles. The van der Waals surface area contributed by atoms with Crippen molar-refractivity contribution in [1.82, 2.24) is 0 Å². The van der Waals surface area contributed by atoms with Crippen molar-refractivity contribution in [3.8, 4) is 0 Å². The largest absolute Gasteiger partial charge is 0.204 e. The maximum atomic E-state index is 13.2. The molecule has 0 amide bonds. The first kappa shape index (κ1) is 18.1. The number of hydrogen-bond donors (Lipinski definition) is 0. The molecule has 1 saturated carbocycles. The molecule has 23 heavy (non-hydrogen) atoms. The van der Waals surface area contributed by atoms with Crippen LogP contribution in [0.1, 0.15) is 63.9 Å². The van der Waals surface area contributed by atoms with Gasteiger partial charge in [-0.3, -0.25) is 0 Å². The van der Waals surface area contributed by atoms with Gasteiger partial charge in [0.2, 0.25) is 0 Å². The van der Waals surface area contributed by atoms with E-state index in [4.69, 9.17) is 0 Å². The van der Waals surface area contributed by atoms with E-state index >= 15 is 0 Å². The lowest BCUT2D eigenvalue weighted by Crippen LogP contribution is -2.15. The lowest BCUT2D eigenvalue weighted by atomic mass is 9.78. The molecule has 3 heteroatoms. The smallest absolute Gasteiger partial charge is 0.194 e. The van der Waals surface area contributed by atoms with Gasteiger partial charge in [-0.2, -0.15) is 0 Å². The topological polar surface area (TPSA) is 0 Å². The third-order valence-corrected chi connectivity index (χ3v) is 5.07. The summed E-state index contributed by atoms with van der Waals surface area (Å²) in [5.74, 6) is -2.04. The molecule has 0 nitrogen and oxygen atoms in total. The quantitative estimate of drug-likeness (QED) is 0.301. The highest BCUT2D eigenvalue weighted by Crippen LogP contribution is 2.34. The van der Waals surface area contributed by atoms with Gasteiger partial charge in [0.25, 0.3) is 0 Å². The van der Waals surface area contributed by atoms with E-state index in [1.807, 2.05) is 0 Å². The number of aryl methyl sites for hydroxylation is 1. The summed E-state index contributed by atoms with van der Waals surface area (Å²) in [6.45, 7) is 2.06. The fourth-order valence-electron chi connectivity index (χ4n) is 3.62. The molecule has 0 bridgehead atoms. The maximum Gasteiger partial charge on any atom is 0.194 e. The molecule has 1 aromatic carbocycles. The van der Waals surface area contributed by atoms with Gasteiger partial charge in [-0.15, -0.1) is 0 Å². The van der Waals surface area contributed by atoms with E-state index in [2.05, 4.69) is 19.1 Å². The highest BCUT2D eigenvalue weighted by Gasteiger charge is 2.21. The van der Waals surface area contributed by atoms with Gasteiger partial charge in [0.05, 0.1) is 0 Å². The van der Waals surface area contributed by atoms with Crippen LogP contribution in [0.4, 0.5) is 13.2 Å². The molecule has 0 unspecified atom stereocenters. The van der Waals surface area contributed by atoms with Gasteiger partial charge in [-0.05, 0) is 62.1 Å². The van der Waals surface area contributed by atoms with Crippen molar-refractivity contribution >= 4 is 0 Å². The molecule has 0 radical (unpaired) electrons. The van der Waals surface area contributed by atoms with Crippen molar-refractivity contribution in [2.24, 2.45) is 11.8 Å². The van der Waals surface area contributed by atoms with Crippen LogP contribution in [0.2, 0.25) is 0 Å². The summed E-state index contributed by atoms with van der Waals surface area (Å²) in [6, 6.07) is 2.26. The minimum Gasteiger partial charge on any atom is -0.204 e. The molecule has 0 aliphatic heterocycles. The molecule has 1 aliphatic rings. The van der Waals surface area contributed by atoms with Crippen LogP contribution in [-0.2, 0) is 6.42 Å². The second kappa shape index (κ2) is 9.14. The van der Waals surface area contributed by atoms with Gasteiger partial charge in [0, 0.05) is 0 Å². The molecule has 128 valence electrons. The van der Waals surface area contributed by atoms with E-state index in [1.54, 1.807) is 0 Å². The Labute approximate surface area is 137 Å². The lowest BCUT2D eigenvalue weighted by Gasteiger charge is -2.28. The third kappa shape index (κ3) is 5.71. The van der Waals surface area contributed by atoms with Crippen LogP contribution >= 0.6 is 0 Å². The number of hydrogen-bond acceptors (Lipinski definition) is 0. The Balaban J connectivity index is 1.70. The molecular weight excluding hydrogens is 297 g/mol. The first-order valence-electron chi connectivity index (χ1n) is 8.84. The van der Waals surface area contributed by atoms with E-state index in [1.165, 1.54) is 44.9 Å². The zero-order valence-electron chi connectivity index (χ0n) is 14.0. The van der Waals surface area contributed by atoms with Crippen LogP contribution in [0.5, 0.6) is 0 Å². The van der Waals surface area contributed by atoms with Crippen LogP contribution in [0.15, 0.2) is 24.3 Å². The van der Waals surface area contributed by atoms with Gasteiger partial charge >= 0.3 is 0 Å². The minimum absolute atomic E-state index is 0.565. The molecule has 0 N–H and O–H groups in total. The molecule has 0 atom stereocenters. The number of halogens is 3. The fraction of sp³-hybridized carbons (Fsp3) is 0.600. The van der Waals surface area contributed by atoms with E-state index in [9.17, 15) is 13.2 Å². The predicted octanol–water partition coefficient (Wildman–Crippen LogP) is 6.59. The zero-order chi connectivity index (χ0) is 16.7. The summed E-state index contributed by atoms with van der Waals surface area (Å²) < 4.78 is 39.4. The van der Waals surface area contributed by atoms with Crippen LogP contribution in [0.25, 0.3) is 0 Å². The van der Waals surface area contributed by atoms with E-state index < -0.39 is 17.5 Å². The Morgan fingerprint density at radius 3 is 2.09 bits per heavy atom. The molecule has 0 saturated heterocycles. The minimum atomic E-state index is -1.37. The Kier molecular flexibility index (Phi) is 7.19. The van der Waals surface area contributed by atoms with Crippen LogP contribution < -0.4 is 0 Å². The van der Waals surface area contributed by atoms with Crippen molar-refractivity contribution in [3.63, 3.8) is 0 Å². The number of unbranched alkanes of at least 4 members (excludes halogenated alkanes) is 1. The van der Waals surface area contributed by atoms with E-state index in [0.717, 1.165) is 24.5 Å². The third-order valence-electron chi connectivity index (χ3n) is 5.07. The maximum absolute atomic E-state index is 13.2. The van der Waals surface area contributed by atoms with Crippen molar-refractivity contribution < 1.29 is 13.2 Å². The Bertz CT molecular complexity index is 491. The Morgan fingerprint density at radius 1 is 0.957 bits per heavy atom. The molecule has 0 heterocycles. The number of allylic oxidation sites excluding steroid dienone is 2. The number of benzene rings is 1. The van der Waals surface area contributed by atoms with Crippen LogP contribution in [0.3, 0.4) is 0 Å². The molecule has 1 aliphatic carbocycles. The summed E-state index contributed by atoms with van der Waals surface area (Å²) in [5, 5.41) is 0. The summed E-state index contributed by atoms with van der Waals surface area (Å²) in [7, 11) is 0. The summed E-state index contributed by atoms with van der Waals surface area (Å²) in [6.07, 6.45) is 14.6. The molecular formula is C20H27F3. The summed E-state index contributed by atoms with van der Waals surface area (Å²) >= 11 is 0. The molecule has 1 fully saturated rings. The van der Waals surface area contributed by atoms with Crippen LogP contribution in [0, 0.1) is 29.3 Å². The summed E-state index contributed by atoms with van der Waals surface area (Å²) in [4.78, 5) is 0. The zero-order valence-corrected chi connectivity index (χ0v) is 14.0. The normalized spacial score (nSPS) is 21.9. The van der Waals surface area contributed by atoms with Crippen molar-refractivity contribution in [1.29, 1.82) is 0 Å². The Hall–Kier alpha value is -1.25. The van der Waals surface area contributed by atoms with Crippen molar-refractivity contribution in [2.45, 2.75) is 64.7 Å². The first-order valence-corrected chi connectivity index (χ1v) is 8.84. The fourth-order valence-corrected chi connectivity index (χ4v) is 3.62. The van der Waals surface area contributed by atoms with Gasteiger partial charge in [0.15, 0.2) is 17.5 Å². The average Bonchev–Trinajstić information content (AvgIpc) is 2.55. The van der Waals surface area contributed by atoms with Gasteiger partial charge in [-0.25, -0.2) is 13.2 Å². The first-order chi connectivity index (χ1) is 11.1. The van der Waals surface area contributed by atoms with E-state index in [0.29, 0.717) is 17.9 Å². The van der Waals surface area contributed by atoms with Gasteiger partial charge in [0.1, 0.15) is 0 Å². The summed E-state index contributed by atoms with van der Waals surface area (Å²) in [5.41, 5.74) is 0.565. The van der Waals surface area contributed by atoms with E-state index in [-0.39, 0.29) is 0 Å². The second-order valence-corrected chi connectivity index (χ2v) is 6.80. The SMILES string of the molecule is CC=CCCCC1CCC(CCc2cc(F)c(F)c(F)c2)CC1. The average molecular weight is 324 g/mol. The van der Waals surface area contributed by atoms with Gasteiger partial charge < -0.3 is 0 Å². The van der Waals surface area contributed by atoms with Crippen molar-refractivity contribution in [2.75, 3.05) is 0 Å². The lowest BCUT2D eigenvalue weighted by molar-refractivity contribution is 0.250. The standard InChI is InChI=1S/C20H27F3/c1-2-3-4-5-6-15-7-9-16(10-8-15)11-12-17-13-18(21)20(23)19(22)14-17/h2-3,13-16H,4-12H2,1H3. The molecule has 2 rings (SSSR count). The second-order valence-electron chi connectivity index (χ2n) is 6.80. The van der Waals surface area contributed by atoms with Crippen molar-refractivity contribution in [3.05, 3.63) is 47.3 Å². The van der Waals surface area contributed by atoms with Gasteiger partial charge in [-0.1, -0.05) is 44.3 Å². The monoisotopic (exact) mass is 324 g/mol. The highest BCUT2D eigenvalue weighted by molar-refractivity contribution is 5.19. The predicted molar refractivity (Wildman–Crippen MR) is 88.8 cm³/mol. The van der Waals surface area contributed by atoms with Crippen LogP contribution in [-0.4, -0.2) is 0 Å².